The summed E-state index contributed by atoms with van der Waals surface area (Å²) in [7, 11) is 1.44. The molecule has 7 nitrogen and oxygen atoms in total. The van der Waals surface area contributed by atoms with Crippen molar-refractivity contribution >= 4 is 33.3 Å². The Morgan fingerprint density at radius 3 is 2.65 bits per heavy atom. The van der Waals surface area contributed by atoms with Crippen LogP contribution in [-0.2, 0) is 0 Å². The second-order valence-corrected chi connectivity index (χ2v) is 8.50. The Kier molecular flexibility index (Phi) is 4.33. The number of anilines is 1. The summed E-state index contributed by atoms with van der Waals surface area (Å²) in [5.41, 5.74) is 1.76. The third kappa shape index (κ3) is 2.83. The van der Waals surface area contributed by atoms with Gasteiger partial charge in [0.1, 0.15) is 5.58 Å². The molecule has 2 aromatic carbocycles. The molecular formula is C23H18N2O5S. The van der Waals surface area contributed by atoms with Gasteiger partial charge in [0.25, 0.3) is 5.91 Å². The van der Waals surface area contributed by atoms with Gasteiger partial charge in [0, 0.05) is 4.88 Å². The number of aromatic nitrogens is 1. The summed E-state index contributed by atoms with van der Waals surface area (Å²) in [6.45, 7) is 3.81. The van der Waals surface area contributed by atoms with Gasteiger partial charge in [-0.1, -0.05) is 18.2 Å². The number of para-hydroxylation sites is 1. The summed E-state index contributed by atoms with van der Waals surface area (Å²) < 4.78 is 11.2. The minimum absolute atomic E-state index is 0.00579. The number of rotatable bonds is 3. The number of phenols is 1. The minimum Gasteiger partial charge on any atom is -0.504 e. The molecule has 0 saturated heterocycles. The molecule has 0 radical (unpaired) electrons. The normalized spacial score (nSPS) is 15.5. The Morgan fingerprint density at radius 2 is 1.94 bits per heavy atom. The molecule has 1 aliphatic rings. The number of phenolic OH excluding ortho intramolecular Hbond substituents is 1. The summed E-state index contributed by atoms with van der Waals surface area (Å²) in [5.74, 6) is -0.209. The number of methoxy groups -OCH3 is 1. The number of carbonyl (C=O) groups excluding carboxylic acids is 1. The highest BCUT2D eigenvalue weighted by molar-refractivity contribution is 7.15. The van der Waals surface area contributed by atoms with E-state index >= 15 is 0 Å². The monoisotopic (exact) mass is 434 g/mol. The summed E-state index contributed by atoms with van der Waals surface area (Å²) in [6.07, 6.45) is 0. The topological polar surface area (TPSA) is 92.9 Å². The van der Waals surface area contributed by atoms with Crippen molar-refractivity contribution in [2.24, 2.45) is 0 Å². The van der Waals surface area contributed by atoms with Gasteiger partial charge in [-0.15, -0.1) is 11.3 Å². The summed E-state index contributed by atoms with van der Waals surface area (Å²) >= 11 is 1.38. The molecule has 3 heterocycles. The first kappa shape index (κ1) is 19.3. The number of thiazole rings is 1. The van der Waals surface area contributed by atoms with E-state index in [0.29, 0.717) is 21.7 Å². The highest BCUT2D eigenvalue weighted by Gasteiger charge is 2.45. The fourth-order valence-corrected chi connectivity index (χ4v) is 4.79. The van der Waals surface area contributed by atoms with Crippen LogP contribution in [0.25, 0.3) is 11.0 Å². The summed E-state index contributed by atoms with van der Waals surface area (Å²) in [5, 5.41) is 10.9. The smallest absolute Gasteiger partial charge is 0.297 e. The number of aryl methyl sites for hydroxylation is 2. The van der Waals surface area contributed by atoms with Crippen LogP contribution >= 0.6 is 11.3 Å². The fourth-order valence-electron chi connectivity index (χ4n) is 3.86. The first-order valence-electron chi connectivity index (χ1n) is 9.61. The summed E-state index contributed by atoms with van der Waals surface area (Å²) in [6, 6.07) is 10.9. The molecule has 1 N–H and O–H groups in total. The van der Waals surface area contributed by atoms with E-state index in [4.69, 9.17) is 9.15 Å². The Morgan fingerprint density at radius 1 is 1.16 bits per heavy atom. The SMILES string of the molecule is COc1cc([C@@H]2c3c(oc4ccccc4c3=O)C(=O)N2c2nc(C)c(C)s2)ccc1O. The largest absolute Gasteiger partial charge is 0.504 e. The van der Waals surface area contributed by atoms with E-state index in [1.54, 1.807) is 36.4 Å². The highest BCUT2D eigenvalue weighted by atomic mass is 32.1. The Balaban J connectivity index is 1.82. The Hall–Kier alpha value is -3.65. The van der Waals surface area contributed by atoms with Gasteiger partial charge in [-0.25, -0.2) is 4.98 Å². The first-order chi connectivity index (χ1) is 14.9. The lowest BCUT2D eigenvalue weighted by Gasteiger charge is -2.23. The van der Waals surface area contributed by atoms with Crippen LogP contribution in [-0.4, -0.2) is 23.1 Å². The van der Waals surface area contributed by atoms with Gasteiger partial charge in [-0.3, -0.25) is 14.5 Å². The van der Waals surface area contributed by atoms with Crippen LogP contribution in [0.4, 0.5) is 5.13 Å². The Labute approximate surface area is 181 Å². The zero-order valence-electron chi connectivity index (χ0n) is 17.0. The molecule has 0 spiro atoms. The second-order valence-electron chi connectivity index (χ2n) is 7.32. The van der Waals surface area contributed by atoms with Crippen molar-refractivity contribution in [3.05, 3.63) is 80.1 Å². The van der Waals surface area contributed by atoms with Crippen LogP contribution in [0.1, 0.15) is 38.3 Å². The average molecular weight is 434 g/mol. The lowest BCUT2D eigenvalue weighted by Crippen LogP contribution is -2.29. The molecule has 0 bridgehead atoms. The summed E-state index contributed by atoms with van der Waals surface area (Å²) in [4.78, 5) is 34.0. The third-order valence-electron chi connectivity index (χ3n) is 5.52. The van der Waals surface area contributed by atoms with Crippen molar-refractivity contribution in [1.29, 1.82) is 0 Å². The fraction of sp³-hybridized carbons (Fsp3) is 0.174. The number of hydrogen-bond acceptors (Lipinski definition) is 7. The number of aromatic hydroxyl groups is 1. The van der Waals surface area contributed by atoms with Crippen LogP contribution < -0.4 is 15.1 Å². The van der Waals surface area contributed by atoms with Gasteiger partial charge in [0.05, 0.1) is 29.8 Å². The van der Waals surface area contributed by atoms with Crippen molar-refractivity contribution in [2.75, 3.05) is 12.0 Å². The van der Waals surface area contributed by atoms with E-state index < -0.39 is 11.9 Å². The Bertz CT molecular complexity index is 1400. The number of benzene rings is 2. The number of hydrogen-bond donors (Lipinski definition) is 1. The quantitative estimate of drug-likeness (QED) is 0.516. The molecule has 0 unspecified atom stereocenters. The molecule has 2 aromatic heterocycles. The molecule has 31 heavy (non-hydrogen) atoms. The molecule has 1 amide bonds. The third-order valence-corrected chi connectivity index (χ3v) is 6.59. The average Bonchev–Trinajstić information content (AvgIpc) is 3.25. The van der Waals surface area contributed by atoms with Gasteiger partial charge in [0.2, 0.25) is 5.76 Å². The maximum atomic E-state index is 13.5. The van der Waals surface area contributed by atoms with E-state index in [-0.39, 0.29) is 28.3 Å². The number of nitrogens with zero attached hydrogens (tertiary/aromatic N) is 2. The maximum Gasteiger partial charge on any atom is 0.297 e. The van der Waals surface area contributed by atoms with Crippen LogP contribution in [0, 0.1) is 13.8 Å². The minimum atomic E-state index is -0.761. The van der Waals surface area contributed by atoms with Crippen molar-refractivity contribution < 1.29 is 19.1 Å². The van der Waals surface area contributed by atoms with Gasteiger partial charge in [-0.05, 0) is 43.7 Å². The highest BCUT2D eigenvalue weighted by Crippen LogP contribution is 2.44. The van der Waals surface area contributed by atoms with E-state index in [1.807, 2.05) is 13.8 Å². The molecule has 156 valence electrons. The maximum absolute atomic E-state index is 13.5. The van der Waals surface area contributed by atoms with Gasteiger partial charge >= 0.3 is 0 Å². The lowest BCUT2D eigenvalue weighted by atomic mass is 9.98. The zero-order valence-corrected chi connectivity index (χ0v) is 17.8. The van der Waals surface area contributed by atoms with Gasteiger partial charge in [0.15, 0.2) is 22.1 Å². The standard InChI is InChI=1S/C23H18N2O5S/c1-11-12(2)31-23(24-11)25-19(13-8-9-15(26)17(10-13)29-3)18-20(27)14-6-4-5-7-16(14)30-21(18)22(25)28/h4-10,19,26H,1-3H3/t19-/m1/s1. The zero-order chi connectivity index (χ0) is 21.9. The molecule has 0 saturated carbocycles. The van der Waals surface area contributed by atoms with Crippen molar-refractivity contribution in [3.63, 3.8) is 0 Å². The van der Waals surface area contributed by atoms with Crippen LogP contribution in [0.2, 0.25) is 0 Å². The molecule has 1 aliphatic heterocycles. The molecule has 5 rings (SSSR count). The van der Waals surface area contributed by atoms with Gasteiger partial charge in [-0.2, -0.15) is 0 Å². The molecule has 4 aromatic rings. The molecule has 0 fully saturated rings. The van der Waals surface area contributed by atoms with Crippen molar-refractivity contribution in [2.45, 2.75) is 19.9 Å². The molecular weight excluding hydrogens is 416 g/mol. The lowest BCUT2D eigenvalue weighted by molar-refractivity contribution is 0.0971. The molecule has 1 atom stereocenters. The van der Waals surface area contributed by atoms with E-state index in [1.165, 1.54) is 29.4 Å². The van der Waals surface area contributed by atoms with Crippen LogP contribution in [0.15, 0.2) is 51.7 Å². The van der Waals surface area contributed by atoms with Crippen LogP contribution in [0.5, 0.6) is 11.5 Å². The second kappa shape index (κ2) is 6.95. The first-order valence-corrected chi connectivity index (χ1v) is 10.4. The molecule has 0 aliphatic carbocycles. The number of fused-ring (bicyclic) bond motifs is 2. The molecule has 8 heteroatoms. The van der Waals surface area contributed by atoms with E-state index in [2.05, 4.69) is 4.98 Å². The van der Waals surface area contributed by atoms with E-state index in [0.717, 1.165) is 10.6 Å². The van der Waals surface area contributed by atoms with Gasteiger partial charge < -0.3 is 14.3 Å². The predicted molar refractivity (Wildman–Crippen MR) is 117 cm³/mol. The van der Waals surface area contributed by atoms with Crippen LogP contribution in [0.3, 0.4) is 0 Å². The number of carbonyl (C=O) groups is 1. The number of ether oxygens (including phenoxy) is 1. The predicted octanol–water partition coefficient (Wildman–Crippen LogP) is 4.33. The van der Waals surface area contributed by atoms with Crippen molar-refractivity contribution in [1.82, 2.24) is 4.98 Å². The van der Waals surface area contributed by atoms with E-state index in [9.17, 15) is 14.7 Å². The van der Waals surface area contributed by atoms with Crippen molar-refractivity contribution in [3.8, 4) is 11.5 Å². The number of amides is 1.